The fraction of sp³-hybridized carbons (Fsp3) is 0.267. The second kappa shape index (κ2) is 11.9. The predicted octanol–water partition coefficient (Wildman–Crippen LogP) is 4.66. The third kappa shape index (κ3) is 6.71. The van der Waals surface area contributed by atoms with Crippen LogP contribution in [0.2, 0.25) is 0 Å². The highest BCUT2D eigenvalue weighted by Crippen LogP contribution is 2.28. The van der Waals surface area contributed by atoms with E-state index in [9.17, 15) is 18.0 Å². The Hall–Kier alpha value is -4.67. The van der Waals surface area contributed by atoms with Crippen LogP contribution in [-0.2, 0) is 20.0 Å². The van der Waals surface area contributed by atoms with Gasteiger partial charge in [-0.25, -0.2) is 9.97 Å². The van der Waals surface area contributed by atoms with E-state index in [0.717, 1.165) is 42.2 Å². The number of thiophene rings is 1. The van der Waals surface area contributed by atoms with Crippen molar-refractivity contribution in [3.63, 3.8) is 0 Å². The molecule has 1 aliphatic rings. The number of nitrogens with one attached hydrogen (secondary N) is 3. The third-order valence-electron chi connectivity index (χ3n) is 7.06. The Kier molecular flexibility index (Phi) is 7.88. The summed E-state index contributed by atoms with van der Waals surface area (Å²) in [4.78, 5) is 27.4. The molecule has 5 heterocycles. The lowest BCUT2D eigenvalue weighted by Gasteiger charge is -2.14. The number of rotatable bonds is 7. The number of pyridine rings is 1. The van der Waals surface area contributed by atoms with E-state index in [-0.39, 0.29) is 29.3 Å². The highest BCUT2D eigenvalue weighted by molar-refractivity contribution is 7.10. The summed E-state index contributed by atoms with van der Waals surface area (Å²) in [7, 11) is 1.79. The Balaban J connectivity index is 1.35. The lowest BCUT2D eigenvalue weighted by Crippen LogP contribution is -2.25. The van der Waals surface area contributed by atoms with E-state index in [1.807, 2.05) is 24.3 Å². The van der Waals surface area contributed by atoms with E-state index >= 15 is 0 Å². The highest BCUT2D eigenvalue weighted by atomic mass is 32.1. The average molecular weight is 605 g/mol. The van der Waals surface area contributed by atoms with Gasteiger partial charge >= 0.3 is 6.18 Å². The zero-order chi connectivity index (χ0) is 30.0. The first-order valence-corrected chi connectivity index (χ1v) is 14.5. The van der Waals surface area contributed by atoms with Crippen molar-refractivity contribution in [1.29, 1.82) is 0 Å². The third-order valence-corrected chi connectivity index (χ3v) is 8.01. The summed E-state index contributed by atoms with van der Waals surface area (Å²) >= 11 is 1.16. The fourth-order valence-electron chi connectivity index (χ4n) is 4.88. The molecule has 1 aromatic carbocycles. The maximum absolute atomic E-state index is 13.7. The molecule has 0 aliphatic carbocycles. The number of nitrogens with zero attached hydrogens (tertiary/aromatic N) is 5. The van der Waals surface area contributed by atoms with Crippen molar-refractivity contribution in [3.8, 4) is 11.8 Å². The van der Waals surface area contributed by atoms with Gasteiger partial charge in [0, 0.05) is 59.9 Å². The van der Waals surface area contributed by atoms with Gasteiger partial charge in [0.05, 0.1) is 18.5 Å². The molecule has 1 aliphatic heterocycles. The lowest BCUT2D eigenvalue weighted by molar-refractivity contribution is -0.127. The Morgan fingerprint density at radius 2 is 1.95 bits per heavy atom. The van der Waals surface area contributed by atoms with Gasteiger partial charge < -0.3 is 20.5 Å². The monoisotopic (exact) mass is 604 g/mol. The molecule has 13 heteroatoms. The van der Waals surface area contributed by atoms with Gasteiger partial charge in [-0.3, -0.25) is 9.36 Å². The number of aryl methyl sites for hydroxylation is 1. The van der Waals surface area contributed by atoms with Gasteiger partial charge in [0.2, 0.25) is 5.95 Å². The van der Waals surface area contributed by atoms with Gasteiger partial charge in [-0.1, -0.05) is 5.92 Å². The van der Waals surface area contributed by atoms with Crippen LogP contribution in [0.5, 0.6) is 0 Å². The largest absolute Gasteiger partial charge is 0.393 e. The second-order valence-corrected chi connectivity index (χ2v) is 11.2. The minimum atomic E-state index is -4.38. The fourth-order valence-corrected chi connectivity index (χ4v) is 5.77. The number of fused-ring (bicyclic) bond motifs is 1. The summed E-state index contributed by atoms with van der Waals surface area (Å²) in [6.45, 7) is 1.82. The quantitative estimate of drug-likeness (QED) is 0.233. The van der Waals surface area contributed by atoms with Crippen molar-refractivity contribution in [2.45, 2.75) is 31.6 Å². The minimum absolute atomic E-state index is 0.0941. The van der Waals surface area contributed by atoms with Crippen molar-refractivity contribution >= 4 is 39.7 Å². The van der Waals surface area contributed by atoms with Gasteiger partial charge in [-0.05, 0) is 66.2 Å². The van der Waals surface area contributed by atoms with Crippen LogP contribution in [-0.4, -0.2) is 49.4 Å². The summed E-state index contributed by atoms with van der Waals surface area (Å²) < 4.78 is 42.9. The van der Waals surface area contributed by atoms with Crippen LogP contribution in [0.3, 0.4) is 0 Å². The molecule has 3 N–H and O–H groups in total. The van der Waals surface area contributed by atoms with Crippen molar-refractivity contribution in [2.75, 3.05) is 23.7 Å². The maximum Gasteiger partial charge on any atom is 0.393 e. The molecule has 5 aromatic rings. The topological polar surface area (TPSA) is 102 Å². The normalized spacial score (nSPS) is 14.9. The number of aromatic nitrogens is 5. The Labute approximate surface area is 248 Å². The van der Waals surface area contributed by atoms with E-state index in [0.29, 0.717) is 22.1 Å². The smallest absolute Gasteiger partial charge is 0.381 e. The number of anilines is 3. The summed E-state index contributed by atoms with van der Waals surface area (Å²) in [5.41, 5.74) is 1.83. The summed E-state index contributed by atoms with van der Waals surface area (Å²) in [5, 5.41) is 12.1. The van der Waals surface area contributed by atoms with Crippen LogP contribution < -0.4 is 21.5 Å². The molecule has 9 nitrogen and oxygen atoms in total. The Morgan fingerprint density at radius 1 is 1.14 bits per heavy atom. The van der Waals surface area contributed by atoms with Gasteiger partial charge in [-0.15, -0.1) is 11.3 Å². The van der Waals surface area contributed by atoms with E-state index in [2.05, 4.69) is 42.7 Å². The lowest BCUT2D eigenvalue weighted by atomic mass is 10.1. The first-order valence-electron chi connectivity index (χ1n) is 13.6. The molecule has 1 fully saturated rings. The molecule has 1 unspecified atom stereocenters. The van der Waals surface area contributed by atoms with Crippen LogP contribution in [0, 0.1) is 11.8 Å². The molecule has 4 aromatic heterocycles. The van der Waals surface area contributed by atoms with Crippen molar-refractivity contribution < 1.29 is 13.2 Å². The van der Waals surface area contributed by atoms with E-state index in [1.165, 1.54) is 10.6 Å². The number of imidazole rings is 1. The van der Waals surface area contributed by atoms with E-state index in [1.54, 1.807) is 41.7 Å². The molecule has 0 bridgehead atoms. The zero-order valence-electron chi connectivity index (χ0n) is 23.1. The Bertz CT molecular complexity index is 1880. The standard InChI is InChI=1S/C30H27F3N8OS/c1-40-12-11-35-26(40)7-2-19-14-21-16-36-29(38-23-5-3-22(4-6-23)37-24-8-10-34-17-24)39-27(21)41(28(19)42)18-25-20(9-13-43-25)15-30(31,32)33/h3-6,9,11-14,16,24,34,37H,8,10,15,17-18H2,1H3,(H,36,38,39). The van der Waals surface area contributed by atoms with Crippen LogP contribution >= 0.6 is 11.3 Å². The number of hydrogen-bond acceptors (Lipinski definition) is 8. The van der Waals surface area contributed by atoms with Crippen LogP contribution in [0.1, 0.15) is 28.2 Å². The summed E-state index contributed by atoms with van der Waals surface area (Å²) in [6, 6.07) is 11.1. The molecular weight excluding hydrogens is 577 g/mol. The van der Waals surface area contributed by atoms with E-state index in [4.69, 9.17) is 0 Å². The molecule has 0 amide bonds. The van der Waals surface area contributed by atoms with Gasteiger partial charge in [0.1, 0.15) is 5.65 Å². The number of benzene rings is 1. The molecular formula is C30H27F3N8OS. The van der Waals surface area contributed by atoms with Gasteiger partial charge in [0.25, 0.3) is 5.56 Å². The van der Waals surface area contributed by atoms with Crippen LogP contribution in [0.15, 0.2) is 65.2 Å². The molecule has 0 spiro atoms. The number of hydrogen-bond donors (Lipinski definition) is 3. The number of alkyl halides is 3. The van der Waals surface area contributed by atoms with Crippen LogP contribution in [0.4, 0.5) is 30.5 Å². The maximum atomic E-state index is 13.7. The molecule has 0 radical (unpaired) electrons. The van der Waals surface area contributed by atoms with Crippen LogP contribution in [0.25, 0.3) is 11.0 Å². The van der Waals surface area contributed by atoms with Crippen molar-refractivity contribution in [3.05, 3.63) is 92.6 Å². The minimum Gasteiger partial charge on any atom is -0.381 e. The number of halogens is 3. The zero-order valence-corrected chi connectivity index (χ0v) is 23.9. The molecule has 1 saturated heterocycles. The van der Waals surface area contributed by atoms with Gasteiger partial charge in [0.15, 0.2) is 5.82 Å². The molecule has 0 saturated carbocycles. The highest BCUT2D eigenvalue weighted by Gasteiger charge is 2.29. The molecule has 43 heavy (non-hydrogen) atoms. The van der Waals surface area contributed by atoms with E-state index < -0.39 is 18.2 Å². The van der Waals surface area contributed by atoms with Gasteiger partial charge in [-0.2, -0.15) is 18.2 Å². The summed E-state index contributed by atoms with van der Waals surface area (Å²) in [6.07, 6.45) is 0.507. The molecule has 220 valence electrons. The first kappa shape index (κ1) is 28.4. The first-order chi connectivity index (χ1) is 20.7. The summed E-state index contributed by atoms with van der Waals surface area (Å²) in [5.74, 6) is 6.49. The second-order valence-electron chi connectivity index (χ2n) is 10.2. The van der Waals surface area contributed by atoms with Crippen molar-refractivity contribution in [2.24, 2.45) is 7.05 Å². The SMILES string of the molecule is Cn1ccnc1C#Cc1cc2cnc(Nc3ccc(NC4CCNC4)cc3)nc2n(Cc2sccc2CC(F)(F)F)c1=O. The predicted molar refractivity (Wildman–Crippen MR) is 161 cm³/mol. The molecule has 6 rings (SSSR count). The molecule has 1 atom stereocenters. The Morgan fingerprint density at radius 3 is 2.67 bits per heavy atom. The van der Waals surface area contributed by atoms with Crippen molar-refractivity contribution in [1.82, 2.24) is 29.4 Å². The average Bonchev–Trinajstić information content (AvgIpc) is 3.73.